The van der Waals surface area contributed by atoms with E-state index in [2.05, 4.69) is 10.3 Å². The van der Waals surface area contributed by atoms with Crippen molar-refractivity contribution in [2.75, 3.05) is 5.32 Å². The molecule has 1 rings (SSSR count). The Kier molecular flexibility index (Phi) is 2.63. The van der Waals surface area contributed by atoms with Crippen LogP contribution in [0.15, 0.2) is 15.8 Å². The van der Waals surface area contributed by atoms with Gasteiger partial charge in [0.05, 0.1) is 0 Å². The summed E-state index contributed by atoms with van der Waals surface area (Å²) < 4.78 is 0. The molecular formula is C7H9N3O3. The smallest absolute Gasteiger partial charge is 0.320 e. The zero-order valence-electron chi connectivity index (χ0n) is 7.01. The monoisotopic (exact) mass is 183 g/mol. The number of aromatic nitrogens is 2. The minimum Gasteiger partial charge on any atom is -0.320 e. The summed E-state index contributed by atoms with van der Waals surface area (Å²) in [5.41, 5.74) is -1.16. The molecule has 1 aromatic heterocycles. The molecule has 70 valence electrons. The number of amides is 1. The van der Waals surface area contributed by atoms with Gasteiger partial charge < -0.3 is 10.3 Å². The highest BCUT2D eigenvalue weighted by atomic mass is 16.2. The highest BCUT2D eigenvalue weighted by Gasteiger charge is 2.02. The van der Waals surface area contributed by atoms with Crippen LogP contribution in [0.5, 0.6) is 0 Å². The molecule has 0 atom stereocenters. The second-order valence-electron chi connectivity index (χ2n) is 2.39. The summed E-state index contributed by atoms with van der Waals surface area (Å²) in [6.07, 6.45) is 1.44. The molecule has 0 spiro atoms. The van der Waals surface area contributed by atoms with Crippen molar-refractivity contribution in [3.8, 4) is 0 Å². The van der Waals surface area contributed by atoms with E-state index in [9.17, 15) is 14.4 Å². The van der Waals surface area contributed by atoms with E-state index in [1.54, 1.807) is 6.92 Å². The zero-order valence-corrected chi connectivity index (χ0v) is 7.01. The minimum absolute atomic E-state index is 0.0476. The lowest BCUT2D eigenvalue weighted by Crippen LogP contribution is -2.26. The SMILES string of the molecule is CCC(=O)Nc1c[nH]c(=O)[nH]c1=O. The predicted octanol–water partition coefficient (Wildman–Crippen LogP) is -0.588. The van der Waals surface area contributed by atoms with Crippen molar-refractivity contribution >= 4 is 11.6 Å². The second kappa shape index (κ2) is 3.70. The van der Waals surface area contributed by atoms with E-state index in [0.29, 0.717) is 0 Å². The third-order valence-corrected chi connectivity index (χ3v) is 1.41. The van der Waals surface area contributed by atoms with Gasteiger partial charge in [0.1, 0.15) is 5.69 Å². The summed E-state index contributed by atoms with van der Waals surface area (Å²) in [5.74, 6) is -0.280. The lowest BCUT2D eigenvalue weighted by molar-refractivity contribution is -0.115. The molecule has 6 nitrogen and oxygen atoms in total. The molecule has 0 aliphatic heterocycles. The molecule has 0 aromatic carbocycles. The molecule has 1 heterocycles. The molecule has 0 aliphatic rings. The van der Waals surface area contributed by atoms with Gasteiger partial charge in [-0.05, 0) is 0 Å². The lowest BCUT2D eigenvalue weighted by atomic mass is 10.4. The van der Waals surface area contributed by atoms with Crippen LogP contribution in [-0.2, 0) is 4.79 Å². The van der Waals surface area contributed by atoms with Crippen molar-refractivity contribution in [3.05, 3.63) is 27.0 Å². The number of hydrogen-bond donors (Lipinski definition) is 3. The van der Waals surface area contributed by atoms with Gasteiger partial charge in [-0.2, -0.15) is 0 Å². The summed E-state index contributed by atoms with van der Waals surface area (Å²) in [4.78, 5) is 36.7. The lowest BCUT2D eigenvalue weighted by Gasteiger charge is -1.99. The Labute approximate surface area is 73.0 Å². The largest absolute Gasteiger partial charge is 0.325 e. The Morgan fingerprint density at radius 1 is 1.54 bits per heavy atom. The van der Waals surface area contributed by atoms with Gasteiger partial charge in [0.25, 0.3) is 5.56 Å². The fourth-order valence-corrected chi connectivity index (χ4v) is 0.741. The van der Waals surface area contributed by atoms with Crippen LogP contribution < -0.4 is 16.6 Å². The van der Waals surface area contributed by atoms with E-state index in [1.165, 1.54) is 0 Å². The van der Waals surface area contributed by atoms with Gasteiger partial charge in [0, 0.05) is 12.6 Å². The Morgan fingerprint density at radius 2 is 2.23 bits per heavy atom. The number of H-pyrrole nitrogens is 2. The molecule has 0 unspecified atom stereocenters. The summed E-state index contributed by atoms with van der Waals surface area (Å²) in [5, 5.41) is 2.33. The maximum Gasteiger partial charge on any atom is 0.325 e. The molecule has 3 N–H and O–H groups in total. The van der Waals surface area contributed by atoms with Crippen LogP contribution in [0.3, 0.4) is 0 Å². The fraction of sp³-hybridized carbons (Fsp3) is 0.286. The van der Waals surface area contributed by atoms with Crippen molar-refractivity contribution in [3.63, 3.8) is 0 Å². The van der Waals surface area contributed by atoms with Crippen molar-refractivity contribution in [2.24, 2.45) is 0 Å². The van der Waals surface area contributed by atoms with Gasteiger partial charge in [0.15, 0.2) is 0 Å². The number of hydrogen-bond acceptors (Lipinski definition) is 3. The van der Waals surface area contributed by atoms with Crippen LogP contribution >= 0.6 is 0 Å². The first-order valence-electron chi connectivity index (χ1n) is 3.75. The number of carbonyl (C=O) groups excluding carboxylic acids is 1. The molecule has 0 saturated heterocycles. The highest BCUT2D eigenvalue weighted by molar-refractivity contribution is 5.89. The zero-order chi connectivity index (χ0) is 9.84. The summed E-state index contributed by atoms with van der Waals surface area (Å²) in [6, 6.07) is 0. The average molecular weight is 183 g/mol. The van der Waals surface area contributed by atoms with E-state index in [1.807, 2.05) is 4.98 Å². The van der Waals surface area contributed by atoms with Gasteiger partial charge in [0.2, 0.25) is 5.91 Å². The standard InChI is InChI=1S/C7H9N3O3/c1-2-5(11)9-4-3-8-7(13)10-6(4)12/h3H,2H2,1H3,(H,9,11)(H2,8,10,12,13). The van der Waals surface area contributed by atoms with E-state index >= 15 is 0 Å². The first kappa shape index (κ1) is 9.24. The van der Waals surface area contributed by atoms with Gasteiger partial charge in [-0.1, -0.05) is 6.92 Å². The van der Waals surface area contributed by atoms with Crippen molar-refractivity contribution in [1.82, 2.24) is 9.97 Å². The van der Waals surface area contributed by atoms with Gasteiger partial charge in [-0.3, -0.25) is 14.6 Å². The highest BCUT2D eigenvalue weighted by Crippen LogP contribution is 1.92. The van der Waals surface area contributed by atoms with Crippen LogP contribution in [-0.4, -0.2) is 15.9 Å². The Balaban J connectivity index is 2.97. The molecule has 13 heavy (non-hydrogen) atoms. The van der Waals surface area contributed by atoms with Gasteiger partial charge >= 0.3 is 5.69 Å². The van der Waals surface area contributed by atoms with Crippen LogP contribution in [0.4, 0.5) is 5.69 Å². The first-order chi connectivity index (χ1) is 6.13. The number of anilines is 1. The van der Waals surface area contributed by atoms with Crippen LogP contribution in [0.2, 0.25) is 0 Å². The molecule has 0 saturated carbocycles. The van der Waals surface area contributed by atoms with E-state index in [4.69, 9.17) is 0 Å². The predicted molar refractivity (Wildman–Crippen MR) is 46.6 cm³/mol. The topological polar surface area (TPSA) is 94.8 Å². The maximum atomic E-state index is 11.0. The Morgan fingerprint density at radius 3 is 2.77 bits per heavy atom. The van der Waals surface area contributed by atoms with Gasteiger partial charge in [-0.25, -0.2) is 4.79 Å². The van der Waals surface area contributed by atoms with Crippen molar-refractivity contribution in [1.29, 1.82) is 0 Å². The average Bonchev–Trinajstić information content (AvgIpc) is 2.09. The Bertz CT molecular complexity index is 417. The third-order valence-electron chi connectivity index (χ3n) is 1.41. The summed E-state index contributed by atoms with van der Waals surface area (Å²) in [6.45, 7) is 1.66. The fourth-order valence-electron chi connectivity index (χ4n) is 0.741. The van der Waals surface area contributed by atoms with E-state index in [-0.39, 0.29) is 18.0 Å². The van der Waals surface area contributed by atoms with Crippen molar-refractivity contribution in [2.45, 2.75) is 13.3 Å². The number of nitrogens with one attached hydrogen (secondary N) is 3. The Hall–Kier alpha value is -1.85. The molecule has 0 bridgehead atoms. The van der Waals surface area contributed by atoms with Crippen LogP contribution in [0.25, 0.3) is 0 Å². The van der Waals surface area contributed by atoms with Gasteiger partial charge in [-0.15, -0.1) is 0 Å². The molecule has 6 heteroatoms. The quantitative estimate of drug-likeness (QED) is 0.572. The molecule has 0 radical (unpaired) electrons. The first-order valence-corrected chi connectivity index (χ1v) is 3.75. The number of aromatic amines is 2. The molecular weight excluding hydrogens is 174 g/mol. The molecule has 0 aliphatic carbocycles. The third kappa shape index (κ3) is 2.29. The van der Waals surface area contributed by atoms with Crippen molar-refractivity contribution < 1.29 is 4.79 Å². The van der Waals surface area contributed by atoms with Crippen LogP contribution in [0, 0.1) is 0 Å². The molecule has 1 aromatic rings. The number of carbonyl (C=O) groups is 1. The van der Waals surface area contributed by atoms with E-state index in [0.717, 1.165) is 6.20 Å². The minimum atomic E-state index is -0.606. The molecule has 1 amide bonds. The summed E-state index contributed by atoms with van der Waals surface area (Å²) in [7, 11) is 0. The maximum absolute atomic E-state index is 11.0. The number of rotatable bonds is 2. The van der Waals surface area contributed by atoms with Crippen LogP contribution in [0.1, 0.15) is 13.3 Å². The van der Waals surface area contributed by atoms with E-state index < -0.39 is 11.2 Å². The molecule has 0 fully saturated rings. The second-order valence-corrected chi connectivity index (χ2v) is 2.39. The summed E-state index contributed by atoms with van der Waals surface area (Å²) >= 11 is 0. The normalized spacial score (nSPS) is 9.62.